The first kappa shape index (κ1) is 11.9. The Bertz CT molecular complexity index is 635. The average molecular weight is 256 g/mol. The third kappa shape index (κ3) is 2.63. The van der Waals surface area contributed by atoms with E-state index in [1.165, 1.54) is 0 Å². The fraction of sp³-hybridized carbons (Fsp3) is 0.308. The largest absolute Gasteiger partial charge is 0.340 e. The summed E-state index contributed by atoms with van der Waals surface area (Å²) in [6.07, 6.45) is 1.94. The predicted molar refractivity (Wildman–Crippen MR) is 72.6 cm³/mol. The molecule has 0 amide bonds. The zero-order valence-corrected chi connectivity index (χ0v) is 10.8. The number of nitrogens with zero attached hydrogens (tertiary/aromatic N) is 4. The van der Waals surface area contributed by atoms with E-state index in [4.69, 9.17) is 0 Å². The van der Waals surface area contributed by atoms with Gasteiger partial charge in [-0.3, -0.25) is 0 Å². The molecule has 0 aliphatic carbocycles. The number of para-hydroxylation sites is 2. The lowest BCUT2D eigenvalue weighted by Gasteiger charge is -1.96. The number of fused-ring (bicyclic) bond motifs is 1. The van der Waals surface area contributed by atoms with Gasteiger partial charge in [0.05, 0.1) is 22.9 Å². The summed E-state index contributed by atoms with van der Waals surface area (Å²) >= 11 is 0. The molecule has 6 heteroatoms. The van der Waals surface area contributed by atoms with Crippen LogP contribution in [0.4, 0.5) is 0 Å². The standard InChI is InChI=1S/C13H16N6/c1-2-14-7-10-8-19(18-17-10)9-13-15-11-5-3-4-6-12(11)16-13/h3-6,8,14H,2,7,9H2,1H3,(H,15,16). The molecule has 3 rings (SSSR count). The van der Waals surface area contributed by atoms with E-state index in [1.54, 1.807) is 4.68 Å². The maximum Gasteiger partial charge on any atom is 0.129 e. The minimum Gasteiger partial charge on any atom is -0.340 e. The Kier molecular flexibility index (Phi) is 3.24. The Morgan fingerprint density at radius 3 is 3.05 bits per heavy atom. The lowest BCUT2D eigenvalue weighted by molar-refractivity contribution is 0.630. The zero-order valence-electron chi connectivity index (χ0n) is 10.8. The van der Waals surface area contributed by atoms with Crippen molar-refractivity contribution >= 4 is 11.0 Å². The van der Waals surface area contributed by atoms with Gasteiger partial charge in [-0.05, 0) is 18.7 Å². The number of H-pyrrole nitrogens is 1. The van der Waals surface area contributed by atoms with Gasteiger partial charge < -0.3 is 10.3 Å². The van der Waals surface area contributed by atoms with Gasteiger partial charge in [-0.2, -0.15) is 0 Å². The van der Waals surface area contributed by atoms with Gasteiger partial charge >= 0.3 is 0 Å². The van der Waals surface area contributed by atoms with Crippen molar-refractivity contribution in [3.63, 3.8) is 0 Å². The topological polar surface area (TPSA) is 71.4 Å². The molecule has 0 unspecified atom stereocenters. The lowest BCUT2D eigenvalue weighted by atomic mass is 10.3. The Hall–Kier alpha value is -2.21. The van der Waals surface area contributed by atoms with Crippen molar-refractivity contribution in [2.24, 2.45) is 0 Å². The normalized spacial score (nSPS) is 11.2. The first-order chi connectivity index (χ1) is 9.35. The number of imidazole rings is 1. The van der Waals surface area contributed by atoms with Crippen molar-refractivity contribution < 1.29 is 0 Å². The highest BCUT2D eigenvalue weighted by Crippen LogP contribution is 2.10. The van der Waals surface area contributed by atoms with Crippen molar-refractivity contribution in [2.75, 3.05) is 6.54 Å². The molecule has 0 atom stereocenters. The van der Waals surface area contributed by atoms with Crippen molar-refractivity contribution in [3.05, 3.63) is 42.0 Å². The second kappa shape index (κ2) is 5.19. The smallest absolute Gasteiger partial charge is 0.129 e. The summed E-state index contributed by atoms with van der Waals surface area (Å²) in [6.45, 7) is 4.35. The summed E-state index contributed by atoms with van der Waals surface area (Å²) in [7, 11) is 0. The molecule has 0 radical (unpaired) electrons. The third-order valence-electron chi connectivity index (χ3n) is 2.89. The van der Waals surface area contributed by atoms with Crippen LogP contribution in [0.5, 0.6) is 0 Å². The number of hydrogen-bond donors (Lipinski definition) is 2. The van der Waals surface area contributed by atoms with Crippen LogP contribution >= 0.6 is 0 Å². The fourth-order valence-corrected chi connectivity index (χ4v) is 1.98. The lowest BCUT2D eigenvalue weighted by Crippen LogP contribution is -2.11. The Balaban J connectivity index is 1.75. The van der Waals surface area contributed by atoms with Crippen LogP contribution in [-0.4, -0.2) is 31.5 Å². The van der Waals surface area contributed by atoms with Gasteiger partial charge in [-0.25, -0.2) is 9.67 Å². The molecule has 0 fully saturated rings. The van der Waals surface area contributed by atoms with E-state index in [0.717, 1.165) is 35.6 Å². The Morgan fingerprint density at radius 2 is 2.21 bits per heavy atom. The van der Waals surface area contributed by atoms with Crippen LogP contribution in [0.2, 0.25) is 0 Å². The van der Waals surface area contributed by atoms with Crippen LogP contribution in [0.25, 0.3) is 11.0 Å². The van der Waals surface area contributed by atoms with Gasteiger partial charge in [0.15, 0.2) is 0 Å². The molecule has 0 spiro atoms. The van der Waals surface area contributed by atoms with Crippen molar-refractivity contribution in [3.8, 4) is 0 Å². The second-order valence-corrected chi connectivity index (χ2v) is 4.39. The molecule has 0 saturated heterocycles. The number of rotatable bonds is 5. The van der Waals surface area contributed by atoms with Crippen LogP contribution in [0.1, 0.15) is 18.4 Å². The summed E-state index contributed by atoms with van der Waals surface area (Å²) in [5.41, 5.74) is 2.97. The summed E-state index contributed by atoms with van der Waals surface area (Å²) < 4.78 is 1.80. The summed E-state index contributed by atoms with van der Waals surface area (Å²) in [4.78, 5) is 7.80. The van der Waals surface area contributed by atoms with E-state index >= 15 is 0 Å². The Morgan fingerprint density at radius 1 is 1.32 bits per heavy atom. The molecule has 0 bridgehead atoms. The minimum atomic E-state index is 0.605. The van der Waals surface area contributed by atoms with E-state index in [-0.39, 0.29) is 0 Å². The van der Waals surface area contributed by atoms with Gasteiger partial charge in [0, 0.05) is 6.54 Å². The van der Waals surface area contributed by atoms with Gasteiger partial charge in [0.25, 0.3) is 0 Å². The van der Waals surface area contributed by atoms with Crippen LogP contribution in [0.15, 0.2) is 30.5 Å². The van der Waals surface area contributed by atoms with E-state index < -0.39 is 0 Å². The van der Waals surface area contributed by atoms with Crippen LogP contribution in [-0.2, 0) is 13.1 Å². The number of benzene rings is 1. The molecule has 0 aliphatic rings. The molecule has 1 aromatic carbocycles. The van der Waals surface area contributed by atoms with E-state index in [2.05, 4.69) is 32.5 Å². The summed E-state index contributed by atoms with van der Waals surface area (Å²) in [5, 5.41) is 11.4. The van der Waals surface area contributed by atoms with Crippen LogP contribution in [0, 0.1) is 0 Å². The maximum absolute atomic E-state index is 4.52. The predicted octanol–water partition coefficient (Wildman–Crippen LogP) is 1.31. The fourth-order valence-electron chi connectivity index (χ4n) is 1.98. The average Bonchev–Trinajstić information content (AvgIpc) is 3.02. The van der Waals surface area contributed by atoms with Crippen molar-refractivity contribution in [2.45, 2.75) is 20.0 Å². The molecular weight excluding hydrogens is 240 g/mol. The molecule has 19 heavy (non-hydrogen) atoms. The van der Waals surface area contributed by atoms with Gasteiger partial charge in [-0.1, -0.05) is 24.3 Å². The van der Waals surface area contributed by atoms with Gasteiger partial charge in [-0.15, -0.1) is 5.10 Å². The van der Waals surface area contributed by atoms with Gasteiger partial charge in [0.2, 0.25) is 0 Å². The maximum atomic E-state index is 4.52. The molecule has 2 aromatic heterocycles. The third-order valence-corrected chi connectivity index (χ3v) is 2.89. The van der Waals surface area contributed by atoms with Crippen LogP contribution in [0.3, 0.4) is 0 Å². The molecule has 2 N–H and O–H groups in total. The molecule has 0 aliphatic heterocycles. The highest BCUT2D eigenvalue weighted by Gasteiger charge is 2.05. The van der Waals surface area contributed by atoms with Crippen molar-refractivity contribution in [1.82, 2.24) is 30.3 Å². The Labute approximate surface area is 110 Å². The number of aromatic nitrogens is 5. The van der Waals surface area contributed by atoms with E-state index in [0.29, 0.717) is 6.54 Å². The highest BCUT2D eigenvalue weighted by atomic mass is 15.4. The molecule has 98 valence electrons. The molecule has 2 heterocycles. The first-order valence-corrected chi connectivity index (χ1v) is 6.38. The highest BCUT2D eigenvalue weighted by molar-refractivity contribution is 5.74. The van der Waals surface area contributed by atoms with E-state index in [9.17, 15) is 0 Å². The van der Waals surface area contributed by atoms with Gasteiger partial charge in [0.1, 0.15) is 12.4 Å². The van der Waals surface area contributed by atoms with Crippen molar-refractivity contribution in [1.29, 1.82) is 0 Å². The monoisotopic (exact) mass is 256 g/mol. The SMILES string of the molecule is CCNCc1cn(Cc2nc3ccccc3[nH]2)nn1. The minimum absolute atomic E-state index is 0.605. The van der Waals surface area contributed by atoms with E-state index in [1.807, 2.05) is 30.5 Å². The molecule has 3 aromatic rings. The quantitative estimate of drug-likeness (QED) is 0.722. The van der Waals surface area contributed by atoms with Crippen LogP contribution < -0.4 is 5.32 Å². The second-order valence-electron chi connectivity index (χ2n) is 4.39. The number of aromatic amines is 1. The molecule has 6 nitrogen and oxygen atoms in total. The number of hydrogen-bond acceptors (Lipinski definition) is 4. The first-order valence-electron chi connectivity index (χ1n) is 6.38. The number of nitrogens with one attached hydrogen (secondary N) is 2. The summed E-state index contributed by atoms with van der Waals surface area (Å²) in [5.74, 6) is 0.890. The molecular formula is C13H16N6. The zero-order chi connectivity index (χ0) is 13.1. The summed E-state index contributed by atoms with van der Waals surface area (Å²) in [6, 6.07) is 7.99. The molecule has 0 saturated carbocycles.